The van der Waals surface area contributed by atoms with Crippen molar-refractivity contribution in [1.29, 1.82) is 0 Å². The molecule has 10 heteroatoms. The molecule has 6 rings (SSSR count). The summed E-state index contributed by atoms with van der Waals surface area (Å²) in [5.41, 5.74) is 3.92. The van der Waals surface area contributed by atoms with Crippen LogP contribution in [0.4, 0.5) is 10.5 Å². The molecule has 216 valence electrons. The zero-order valence-electron chi connectivity index (χ0n) is 23.5. The van der Waals surface area contributed by atoms with Crippen LogP contribution in [0.3, 0.4) is 0 Å². The summed E-state index contributed by atoms with van der Waals surface area (Å²) in [6, 6.07) is 29.5. The number of anilines is 1. The molecule has 43 heavy (non-hydrogen) atoms. The molecule has 0 unspecified atom stereocenters. The maximum Gasteiger partial charge on any atom is 0.286 e. The van der Waals surface area contributed by atoms with Gasteiger partial charge in [-0.05, 0) is 91.3 Å². The summed E-state index contributed by atoms with van der Waals surface area (Å²) in [6.45, 7) is 2.04. The van der Waals surface area contributed by atoms with E-state index in [4.69, 9.17) is 14.5 Å². The molecular weight excluding hydrogens is 564 g/mol. The molecule has 0 saturated carbocycles. The number of amides is 3. The molecule has 3 amide bonds. The van der Waals surface area contributed by atoms with Crippen molar-refractivity contribution in [3.63, 3.8) is 0 Å². The van der Waals surface area contributed by atoms with E-state index >= 15 is 0 Å². The van der Waals surface area contributed by atoms with Crippen molar-refractivity contribution in [2.24, 2.45) is 7.05 Å². The van der Waals surface area contributed by atoms with Gasteiger partial charge in [-0.25, -0.2) is 4.98 Å². The molecule has 2 N–H and O–H groups in total. The number of fused-ring (bicyclic) bond motifs is 1. The first kappa shape index (κ1) is 28.0. The van der Waals surface area contributed by atoms with Gasteiger partial charge in [-0.15, -0.1) is 0 Å². The predicted octanol–water partition coefficient (Wildman–Crippen LogP) is 6.48. The number of benzene rings is 4. The molecule has 1 aliphatic rings. The zero-order valence-corrected chi connectivity index (χ0v) is 24.3. The van der Waals surface area contributed by atoms with Gasteiger partial charge >= 0.3 is 0 Å². The lowest BCUT2D eigenvalue weighted by Gasteiger charge is -2.18. The Morgan fingerprint density at radius 2 is 1.63 bits per heavy atom. The number of carbonyl (C=O) groups is 3. The molecule has 1 aromatic heterocycles. The second-order valence-electron chi connectivity index (χ2n) is 10.4. The molecule has 1 atom stereocenters. The summed E-state index contributed by atoms with van der Waals surface area (Å²) in [5.74, 6) is 2.28. The first-order valence-corrected chi connectivity index (χ1v) is 14.4. The number of imidazole rings is 1. The first-order valence-electron chi connectivity index (χ1n) is 13.6. The van der Waals surface area contributed by atoms with Crippen LogP contribution in [0.2, 0.25) is 0 Å². The Labute approximate surface area is 252 Å². The molecule has 1 fully saturated rings. The van der Waals surface area contributed by atoms with Gasteiger partial charge in [-0.1, -0.05) is 30.3 Å². The average molecular weight is 593 g/mol. The number of nitrogens with one attached hydrogen (secondary N) is 2. The van der Waals surface area contributed by atoms with Crippen molar-refractivity contribution in [2.45, 2.75) is 24.7 Å². The summed E-state index contributed by atoms with van der Waals surface area (Å²) in [6.07, 6.45) is 0.444. The van der Waals surface area contributed by atoms with Gasteiger partial charge in [0.1, 0.15) is 34.4 Å². The van der Waals surface area contributed by atoms with E-state index in [1.807, 2.05) is 72.3 Å². The van der Waals surface area contributed by atoms with Crippen molar-refractivity contribution in [1.82, 2.24) is 14.9 Å². The molecule has 2 heterocycles. The topological polar surface area (TPSA) is 112 Å². The fraction of sp³-hybridized carbons (Fsp3) is 0.152. The maximum atomic E-state index is 12.4. The fourth-order valence-corrected chi connectivity index (χ4v) is 5.74. The number of rotatable bonds is 9. The number of carbonyl (C=O) groups excluding carboxylic acids is 3. The van der Waals surface area contributed by atoms with Gasteiger partial charge in [0.25, 0.3) is 11.1 Å². The van der Waals surface area contributed by atoms with Gasteiger partial charge < -0.3 is 19.4 Å². The van der Waals surface area contributed by atoms with E-state index in [0.717, 1.165) is 34.2 Å². The van der Waals surface area contributed by atoms with Crippen LogP contribution in [0, 0.1) is 0 Å². The van der Waals surface area contributed by atoms with E-state index in [9.17, 15) is 14.4 Å². The van der Waals surface area contributed by atoms with E-state index < -0.39 is 4.75 Å². The molecule has 0 aliphatic carbocycles. The fourth-order valence-electron chi connectivity index (χ4n) is 4.81. The van der Waals surface area contributed by atoms with Crippen LogP contribution in [0.25, 0.3) is 11.0 Å². The summed E-state index contributed by atoms with van der Waals surface area (Å²) >= 11 is 1.02. The summed E-state index contributed by atoms with van der Waals surface area (Å²) in [5, 5.41) is 4.93. The number of thioether (sulfide) groups is 1. The minimum atomic E-state index is -0.807. The summed E-state index contributed by atoms with van der Waals surface area (Å²) in [7, 11) is 1.93. The normalized spacial score (nSPS) is 16.2. The van der Waals surface area contributed by atoms with Gasteiger partial charge in [-0.3, -0.25) is 19.7 Å². The molecule has 4 aromatic carbocycles. The Balaban J connectivity index is 1.07. The molecule has 0 radical (unpaired) electrons. The van der Waals surface area contributed by atoms with Gasteiger partial charge in [0.2, 0.25) is 5.91 Å². The number of aryl methyl sites for hydroxylation is 1. The van der Waals surface area contributed by atoms with Gasteiger partial charge in [0.15, 0.2) is 0 Å². The number of hydrogen-bond donors (Lipinski definition) is 2. The van der Waals surface area contributed by atoms with Crippen molar-refractivity contribution >= 4 is 45.5 Å². The molecule has 0 bridgehead atoms. The van der Waals surface area contributed by atoms with E-state index in [0.29, 0.717) is 34.9 Å². The van der Waals surface area contributed by atoms with Gasteiger partial charge in [0.05, 0.1) is 11.0 Å². The standard InChI is InChI=1S/C33H28N4O5S/c1-33(31(39)36-32(40)43-33)19-21-8-12-24(13-9-21)41-20-29-35-27-17-16-26(18-28(27)37(29)2)42-25-14-10-23(11-15-25)34-30(38)22-6-4-3-5-7-22/h3-18H,19-20H2,1-2H3,(H,34,38)(H,36,39,40)/t33-/m1/s1. The minimum absolute atomic E-state index is 0.171. The monoisotopic (exact) mass is 592 g/mol. The van der Waals surface area contributed by atoms with E-state index in [1.54, 1.807) is 43.3 Å². The van der Waals surface area contributed by atoms with E-state index in [1.165, 1.54) is 0 Å². The Morgan fingerprint density at radius 3 is 2.33 bits per heavy atom. The van der Waals surface area contributed by atoms with Crippen LogP contribution in [-0.4, -0.2) is 31.4 Å². The molecule has 5 aromatic rings. The highest BCUT2D eigenvalue weighted by Crippen LogP contribution is 2.35. The Hall–Kier alpha value is -5.09. The predicted molar refractivity (Wildman–Crippen MR) is 166 cm³/mol. The highest BCUT2D eigenvalue weighted by atomic mass is 32.2. The minimum Gasteiger partial charge on any atom is -0.486 e. The summed E-state index contributed by atoms with van der Waals surface area (Å²) < 4.78 is 13.2. The highest BCUT2D eigenvalue weighted by molar-refractivity contribution is 8.16. The Bertz CT molecular complexity index is 1820. The third-order valence-electron chi connectivity index (χ3n) is 7.18. The van der Waals surface area contributed by atoms with Crippen LogP contribution in [0.5, 0.6) is 17.2 Å². The quantitative estimate of drug-likeness (QED) is 0.201. The second kappa shape index (κ2) is 11.7. The zero-order chi connectivity index (χ0) is 30.0. The van der Waals surface area contributed by atoms with E-state index in [2.05, 4.69) is 10.6 Å². The lowest BCUT2D eigenvalue weighted by Crippen LogP contribution is -2.35. The number of imide groups is 1. The number of nitrogens with zero attached hydrogens (tertiary/aromatic N) is 2. The van der Waals surface area contributed by atoms with Crippen molar-refractivity contribution < 1.29 is 23.9 Å². The van der Waals surface area contributed by atoms with Crippen LogP contribution in [0.15, 0.2) is 97.1 Å². The molecule has 9 nitrogen and oxygen atoms in total. The number of aromatic nitrogens is 2. The second-order valence-corrected chi connectivity index (χ2v) is 11.8. The average Bonchev–Trinajstić information content (AvgIpc) is 3.46. The smallest absolute Gasteiger partial charge is 0.286 e. The highest BCUT2D eigenvalue weighted by Gasteiger charge is 2.43. The molecule has 1 saturated heterocycles. The third kappa shape index (κ3) is 6.24. The van der Waals surface area contributed by atoms with Crippen LogP contribution < -0.4 is 20.1 Å². The molecule has 0 spiro atoms. The largest absolute Gasteiger partial charge is 0.486 e. The maximum absolute atomic E-state index is 12.4. The van der Waals surface area contributed by atoms with Crippen molar-refractivity contribution in [2.75, 3.05) is 5.32 Å². The Morgan fingerprint density at radius 1 is 0.930 bits per heavy atom. The van der Waals surface area contributed by atoms with Gasteiger partial charge in [-0.2, -0.15) is 0 Å². The van der Waals surface area contributed by atoms with Gasteiger partial charge in [0, 0.05) is 24.4 Å². The SMILES string of the molecule is Cn1c(COc2ccc(C[C@@]3(C)SC(=O)NC3=O)cc2)nc2ccc(Oc3ccc(NC(=O)c4ccccc4)cc3)cc21. The Kier molecular flexibility index (Phi) is 7.60. The van der Waals surface area contributed by atoms with Crippen LogP contribution in [-0.2, 0) is 24.9 Å². The van der Waals surface area contributed by atoms with Crippen molar-refractivity contribution in [3.05, 3.63) is 114 Å². The van der Waals surface area contributed by atoms with Crippen molar-refractivity contribution in [3.8, 4) is 17.2 Å². The molecule has 1 aliphatic heterocycles. The molecular formula is C33H28N4O5S. The number of hydrogen-bond acceptors (Lipinski definition) is 7. The number of ether oxygens (including phenoxy) is 2. The summed E-state index contributed by atoms with van der Waals surface area (Å²) in [4.78, 5) is 40.8. The van der Waals surface area contributed by atoms with Crippen LogP contribution >= 0.6 is 11.8 Å². The van der Waals surface area contributed by atoms with E-state index in [-0.39, 0.29) is 23.7 Å². The van der Waals surface area contributed by atoms with Crippen LogP contribution in [0.1, 0.15) is 28.7 Å². The lowest BCUT2D eigenvalue weighted by molar-refractivity contribution is -0.121. The lowest BCUT2D eigenvalue weighted by atomic mass is 9.99. The third-order valence-corrected chi connectivity index (χ3v) is 8.24. The first-order chi connectivity index (χ1) is 20.8.